The van der Waals surface area contributed by atoms with Crippen molar-refractivity contribution in [1.29, 1.82) is 0 Å². The fourth-order valence-electron chi connectivity index (χ4n) is 0.492. The second kappa shape index (κ2) is 1.97. The first-order chi connectivity index (χ1) is 3.39. The van der Waals surface area contributed by atoms with Crippen LogP contribution in [-0.2, 0) is 0 Å². The molecule has 7 heavy (non-hydrogen) atoms. The summed E-state index contributed by atoms with van der Waals surface area (Å²) in [6, 6.07) is 0. The average Bonchev–Trinajstić information content (AvgIpc) is 1.69. The third-order valence-corrected chi connectivity index (χ3v) is 0.920. The van der Waals surface area contributed by atoms with Crippen LogP contribution in [0.5, 0.6) is 0 Å². The van der Waals surface area contributed by atoms with E-state index < -0.39 is 0 Å². The van der Waals surface area contributed by atoms with E-state index in [0.717, 1.165) is 6.42 Å². The largest absolute Gasteiger partial charge is 0.0724 e. The van der Waals surface area contributed by atoms with Crippen LogP contribution in [0.4, 0.5) is 0 Å². The Bertz CT molecular complexity index is 107. The van der Waals surface area contributed by atoms with E-state index in [9.17, 15) is 0 Å². The fourth-order valence-corrected chi connectivity index (χ4v) is 0.492. The molecule has 0 nitrogen and oxygen atoms in total. The van der Waals surface area contributed by atoms with Crippen LogP contribution in [0.3, 0.4) is 0 Å². The van der Waals surface area contributed by atoms with Crippen LogP contribution in [0.2, 0.25) is 0 Å². The summed E-state index contributed by atoms with van der Waals surface area (Å²) >= 11 is 0. The van der Waals surface area contributed by atoms with Gasteiger partial charge in [-0.25, -0.2) is 0 Å². The molecule has 0 saturated heterocycles. The molecule has 35 valence electrons. The minimum Gasteiger partial charge on any atom is -0.0724 e. The second-order valence-electron chi connectivity index (χ2n) is 1.68. The van der Waals surface area contributed by atoms with Crippen molar-refractivity contribution in [1.82, 2.24) is 0 Å². The van der Waals surface area contributed by atoms with Gasteiger partial charge in [-0.1, -0.05) is 17.7 Å². The van der Waals surface area contributed by atoms with Gasteiger partial charge in [0.15, 0.2) is 0 Å². The molecule has 1 aliphatic rings. The summed E-state index contributed by atoms with van der Waals surface area (Å²) in [5, 5.41) is 0. The molecule has 1 rings (SSSR count). The molecule has 0 aromatic carbocycles. The van der Waals surface area contributed by atoms with Crippen LogP contribution in [0.1, 0.15) is 13.3 Å². The molecule has 0 N–H and O–H groups in total. The third kappa shape index (κ3) is 1.19. The van der Waals surface area contributed by atoms with Crippen LogP contribution in [0, 0.1) is 12.5 Å². The maximum atomic E-state index is 2.96. The van der Waals surface area contributed by atoms with Crippen molar-refractivity contribution in [3.8, 4) is 0 Å². The molecule has 0 atom stereocenters. The van der Waals surface area contributed by atoms with Crippen LogP contribution in [-0.4, -0.2) is 0 Å². The van der Waals surface area contributed by atoms with Crippen LogP contribution in [0.15, 0.2) is 17.7 Å². The minimum absolute atomic E-state index is 0.955. The van der Waals surface area contributed by atoms with E-state index in [0.29, 0.717) is 0 Å². The maximum absolute atomic E-state index is 2.96. The lowest BCUT2D eigenvalue weighted by molar-refractivity contribution is 1.12. The Balaban J connectivity index is 2.57. The highest BCUT2D eigenvalue weighted by molar-refractivity contribution is 5.17. The standard InChI is InChI=1S/C7H7/c1-7-5-3-2-4-6-7/h3,5H,6H2,1H3. The first kappa shape index (κ1) is 4.63. The number of hydrogen-bond donors (Lipinski definition) is 0. The average molecular weight is 91.1 g/mol. The van der Waals surface area contributed by atoms with Crippen molar-refractivity contribution in [3.05, 3.63) is 30.2 Å². The Morgan fingerprint density at radius 2 is 2.57 bits per heavy atom. The Morgan fingerprint density at radius 3 is 2.86 bits per heavy atom. The molecule has 0 bridgehead atoms. The summed E-state index contributed by atoms with van der Waals surface area (Å²) in [7, 11) is 0. The highest BCUT2D eigenvalue weighted by Gasteiger charge is 1.90. The molecule has 0 aromatic rings. The highest BCUT2D eigenvalue weighted by Crippen LogP contribution is 2.07. The van der Waals surface area contributed by atoms with Gasteiger partial charge in [0, 0.05) is 6.42 Å². The lowest BCUT2D eigenvalue weighted by Gasteiger charge is -1.97. The zero-order chi connectivity index (χ0) is 5.11. The van der Waals surface area contributed by atoms with E-state index in [2.05, 4.69) is 25.5 Å². The van der Waals surface area contributed by atoms with Gasteiger partial charge in [-0.15, -0.1) is 0 Å². The first-order valence-electron chi connectivity index (χ1n) is 2.37. The normalized spacial score (nSPS) is 19.3. The summed E-state index contributed by atoms with van der Waals surface area (Å²) in [6.07, 6.45) is 10.7. The first-order valence-corrected chi connectivity index (χ1v) is 2.37. The maximum Gasteiger partial charge on any atom is 0.0211 e. The molecule has 0 spiro atoms. The van der Waals surface area contributed by atoms with Gasteiger partial charge < -0.3 is 0 Å². The molecule has 0 aliphatic heterocycles. The number of hydrogen-bond acceptors (Lipinski definition) is 0. The highest BCUT2D eigenvalue weighted by atomic mass is 13.9. The van der Waals surface area contributed by atoms with Crippen LogP contribution < -0.4 is 0 Å². The Labute approximate surface area is 44.5 Å². The second-order valence-corrected chi connectivity index (χ2v) is 1.68. The SMILES string of the molecule is CC1=CC=[C][C]C1. The summed E-state index contributed by atoms with van der Waals surface area (Å²) in [5.41, 5.74) is 1.36. The van der Waals surface area contributed by atoms with E-state index >= 15 is 0 Å². The quantitative estimate of drug-likeness (QED) is 0.426. The zero-order valence-corrected chi connectivity index (χ0v) is 4.36. The van der Waals surface area contributed by atoms with E-state index in [4.69, 9.17) is 0 Å². The van der Waals surface area contributed by atoms with Gasteiger partial charge in [-0.3, -0.25) is 0 Å². The van der Waals surface area contributed by atoms with E-state index in [-0.39, 0.29) is 0 Å². The lowest BCUT2D eigenvalue weighted by Crippen LogP contribution is -1.80. The molecule has 0 fully saturated rings. The molecular formula is C7H7. The van der Waals surface area contributed by atoms with E-state index in [1.165, 1.54) is 5.57 Å². The molecule has 0 saturated carbocycles. The van der Waals surface area contributed by atoms with Crippen LogP contribution in [0.25, 0.3) is 0 Å². The third-order valence-electron chi connectivity index (χ3n) is 0.920. The molecule has 0 aromatic heterocycles. The predicted octanol–water partition coefficient (Wildman–Crippen LogP) is 1.78. The van der Waals surface area contributed by atoms with Gasteiger partial charge in [0.2, 0.25) is 0 Å². The fraction of sp³-hybridized carbons (Fsp3) is 0.286. The van der Waals surface area contributed by atoms with Gasteiger partial charge >= 0.3 is 0 Å². The van der Waals surface area contributed by atoms with Gasteiger partial charge in [0.1, 0.15) is 0 Å². The van der Waals surface area contributed by atoms with Gasteiger partial charge in [0.05, 0.1) is 0 Å². The van der Waals surface area contributed by atoms with Crippen LogP contribution >= 0.6 is 0 Å². The Hall–Kier alpha value is -0.520. The number of rotatable bonds is 0. The van der Waals surface area contributed by atoms with Gasteiger partial charge in [-0.05, 0) is 19.4 Å². The monoisotopic (exact) mass is 91.1 g/mol. The van der Waals surface area contributed by atoms with Gasteiger partial charge in [-0.2, -0.15) is 0 Å². The number of allylic oxidation sites excluding steroid dienone is 4. The molecule has 0 unspecified atom stereocenters. The van der Waals surface area contributed by atoms with Crippen molar-refractivity contribution < 1.29 is 0 Å². The molecule has 1 aliphatic carbocycles. The lowest BCUT2D eigenvalue weighted by atomic mass is 10.1. The summed E-state index contributed by atoms with van der Waals surface area (Å²) in [4.78, 5) is 0. The summed E-state index contributed by atoms with van der Waals surface area (Å²) in [5.74, 6) is 0. The summed E-state index contributed by atoms with van der Waals surface area (Å²) in [6.45, 7) is 2.09. The van der Waals surface area contributed by atoms with Crippen molar-refractivity contribution in [3.63, 3.8) is 0 Å². The Kier molecular flexibility index (Phi) is 1.30. The Morgan fingerprint density at radius 1 is 1.71 bits per heavy atom. The minimum atomic E-state index is 0.955. The topological polar surface area (TPSA) is 0 Å². The smallest absolute Gasteiger partial charge is 0.0211 e. The van der Waals surface area contributed by atoms with Crippen molar-refractivity contribution in [2.75, 3.05) is 0 Å². The molecule has 0 heterocycles. The van der Waals surface area contributed by atoms with Crippen molar-refractivity contribution in [2.45, 2.75) is 13.3 Å². The van der Waals surface area contributed by atoms with Crippen molar-refractivity contribution in [2.24, 2.45) is 0 Å². The van der Waals surface area contributed by atoms with Gasteiger partial charge in [0.25, 0.3) is 0 Å². The zero-order valence-electron chi connectivity index (χ0n) is 4.36. The molecular weight excluding hydrogens is 84.1 g/mol. The molecule has 0 heteroatoms. The van der Waals surface area contributed by atoms with E-state index in [1.54, 1.807) is 0 Å². The molecule has 3 radical (unpaired) electrons. The van der Waals surface area contributed by atoms with E-state index in [1.807, 2.05) is 6.08 Å². The van der Waals surface area contributed by atoms with Crippen molar-refractivity contribution >= 4 is 0 Å². The summed E-state index contributed by atoms with van der Waals surface area (Å²) < 4.78 is 0. The molecule has 0 amide bonds. The predicted molar refractivity (Wildman–Crippen MR) is 29.4 cm³/mol.